The molecule has 5 nitrogen and oxygen atoms in total. The van der Waals surface area contributed by atoms with Crippen molar-refractivity contribution >= 4 is 17.3 Å². The summed E-state index contributed by atoms with van der Waals surface area (Å²) in [6, 6.07) is 15.4. The van der Waals surface area contributed by atoms with E-state index in [1.165, 1.54) is 10.6 Å². The predicted molar refractivity (Wildman–Crippen MR) is 104 cm³/mol. The summed E-state index contributed by atoms with van der Waals surface area (Å²) in [5.41, 5.74) is 1.17. The first-order valence-electron chi connectivity index (χ1n) is 8.93. The number of aliphatic hydroxyl groups excluding tert-OH is 1. The summed E-state index contributed by atoms with van der Waals surface area (Å²) in [6.07, 6.45) is -0.492. The molecular formula is C20H26ClN2O3+. The van der Waals surface area contributed by atoms with Crippen LogP contribution in [0.3, 0.4) is 0 Å². The highest BCUT2D eigenvalue weighted by Gasteiger charge is 2.23. The summed E-state index contributed by atoms with van der Waals surface area (Å²) in [5, 5.41) is 11.1. The van der Waals surface area contributed by atoms with Crippen molar-refractivity contribution < 1.29 is 19.5 Å². The molecule has 1 saturated heterocycles. The Hall–Kier alpha value is -1.95. The Labute approximate surface area is 159 Å². The van der Waals surface area contributed by atoms with Crippen molar-refractivity contribution in [2.45, 2.75) is 6.10 Å². The van der Waals surface area contributed by atoms with Gasteiger partial charge in [-0.3, -0.25) is 0 Å². The molecule has 0 radical (unpaired) electrons. The normalized spacial score (nSPS) is 16.3. The van der Waals surface area contributed by atoms with Gasteiger partial charge in [0.25, 0.3) is 0 Å². The van der Waals surface area contributed by atoms with Crippen LogP contribution >= 0.6 is 11.6 Å². The van der Waals surface area contributed by atoms with E-state index in [9.17, 15) is 5.11 Å². The van der Waals surface area contributed by atoms with Gasteiger partial charge in [-0.15, -0.1) is 0 Å². The lowest BCUT2D eigenvalue weighted by Crippen LogP contribution is -3.16. The van der Waals surface area contributed by atoms with Crippen molar-refractivity contribution in [2.24, 2.45) is 0 Å². The molecule has 0 aromatic heterocycles. The minimum Gasteiger partial charge on any atom is -0.497 e. The smallest absolute Gasteiger partial charge is 0.137 e. The number of benzene rings is 2. The molecule has 26 heavy (non-hydrogen) atoms. The predicted octanol–water partition coefficient (Wildman–Crippen LogP) is 1.49. The molecule has 2 aromatic rings. The third-order valence-corrected chi connectivity index (χ3v) is 4.89. The minimum atomic E-state index is -0.492. The van der Waals surface area contributed by atoms with Gasteiger partial charge in [0.1, 0.15) is 30.8 Å². The second-order valence-corrected chi connectivity index (χ2v) is 7.00. The quantitative estimate of drug-likeness (QED) is 0.767. The van der Waals surface area contributed by atoms with Crippen molar-refractivity contribution in [3.8, 4) is 11.5 Å². The van der Waals surface area contributed by atoms with E-state index in [4.69, 9.17) is 21.1 Å². The maximum atomic E-state index is 10.3. The lowest BCUT2D eigenvalue weighted by Gasteiger charge is -2.34. The van der Waals surface area contributed by atoms with Crippen LogP contribution in [0, 0.1) is 0 Å². The highest BCUT2D eigenvalue weighted by Crippen LogP contribution is 2.20. The monoisotopic (exact) mass is 377 g/mol. The van der Waals surface area contributed by atoms with Gasteiger partial charge in [0.15, 0.2) is 0 Å². The fourth-order valence-electron chi connectivity index (χ4n) is 3.23. The highest BCUT2D eigenvalue weighted by molar-refractivity contribution is 6.30. The number of hydrogen-bond acceptors (Lipinski definition) is 4. The molecule has 2 N–H and O–H groups in total. The molecule has 140 valence electrons. The molecule has 1 fully saturated rings. The van der Waals surface area contributed by atoms with Gasteiger partial charge in [-0.2, -0.15) is 0 Å². The Morgan fingerprint density at radius 1 is 1.12 bits per heavy atom. The van der Waals surface area contributed by atoms with Gasteiger partial charge in [0, 0.05) is 16.8 Å². The molecule has 2 aromatic carbocycles. The fourth-order valence-corrected chi connectivity index (χ4v) is 3.42. The average Bonchev–Trinajstić information content (AvgIpc) is 2.67. The number of ether oxygens (including phenoxy) is 2. The second-order valence-electron chi connectivity index (χ2n) is 6.56. The number of rotatable bonds is 7. The first kappa shape index (κ1) is 18.8. The van der Waals surface area contributed by atoms with E-state index in [-0.39, 0.29) is 6.61 Å². The van der Waals surface area contributed by atoms with Crippen molar-refractivity contribution in [1.82, 2.24) is 0 Å². The molecule has 0 spiro atoms. The Bertz CT molecular complexity index is 705. The summed E-state index contributed by atoms with van der Waals surface area (Å²) in [5.74, 6) is 1.46. The molecule has 1 heterocycles. The average molecular weight is 378 g/mol. The molecule has 1 aliphatic rings. The molecule has 1 atom stereocenters. The Balaban J connectivity index is 1.42. The number of quaternary nitrogens is 1. The number of halogens is 1. The van der Waals surface area contributed by atoms with E-state index in [0.29, 0.717) is 12.3 Å². The van der Waals surface area contributed by atoms with E-state index < -0.39 is 6.10 Å². The number of nitrogens with one attached hydrogen (secondary N) is 1. The Morgan fingerprint density at radius 2 is 1.85 bits per heavy atom. The highest BCUT2D eigenvalue weighted by atomic mass is 35.5. The first-order valence-corrected chi connectivity index (χ1v) is 9.31. The number of aliphatic hydroxyl groups is 1. The summed E-state index contributed by atoms with van der Waals surface area (Å²) < 4.78 is 10.9. The third-order valence-electron chi connectivity index (χ3n) is 4.65. The molecular weight excluding hydrogens is 352 g/mol. The molecule has 0 amide bonds. The van der Waals surface area contributed by atoms with Gasteiger partial charge in [0.05, 0.1) is 33.3 Å². The van der Waals surface area contributed by atoms with Crippen molar-refractivity contribution in [3.63, 3.8) is 0 Å². The zero-order valence-electron chi connectivity index (χ0n) is 15.0. The van der Waals surface area contributed by atoms with Gasteiger partial charge in [-0.25, -0.2) is 0 Å². The van der Waals surface area contributed by atoms with Gasteiger partial charge in [-0.1, -0.05) is 23.7 Å². The van der Waals surface area contributed by atoms with Crippen LogP contribution in [0.1, 0.15) is 0 Å². The van der Waals surface area contributed by atoms with Gasteiger partial charge in [-0.05, 0) is 30.3 Å². The summed E-state index contributed by atoms with van der Waals surface area (Å²) >= 11 is 6.08. The largest absolute Gasteiger partial charge is 0.497 e. The van der Waals surface area contributed by atoms with Crippen LogP contribution in [0.15, 0.2) is 48.5 Å². The lowest BCUT2D eigenvalue weighted by atomic mass is 10.2. The van der Waals surface area contributed by atoms with Crippen LogP contribution in [0.4, 0.5) is 5.69 Å². The molecule has 0 saturated carbocycles. The summed E-state index contributed by atoms with van der Waals surface area (Å²) in [7, 11) is 1.63. The van der Waals surface area contributed by atoms with Crippen LogP contribution in [0.5, 0.6) is 11.5 Å². The van der Waals surface area contributed by atoms with Crippen LogP contribution in [0.2, 0.25) is 5.02 Å². The van der Waals surface area contributed by atoms with Crippen molar-refractivity contribution in [1.29, 1.82) is 0 Å². The van der Waals surface area contributed by atoms with Crippen LogP contribution in [-0.2, 0) is 0 Å². The van der Waals surface area contributed by atoms with E-state index >= 15 is 0 Å². The van der Waals surface area contributed by atoms with E-state index in [1.807, 2.05) is 42.5 Å². The standard InChI is InChI=1S/C20H25ClN2O3/c1-25-19-6-3-7-20(13-19)26-15-18(24)14-22-8-10-23(11-9-22)17-5-2-4-16(21)12-17/h2-7,12-13,18,24H,8-11,14-15H2,1H3/p+1/t18-/m0/s1. The minimum absolute atomic E-state index is 0.286. The molecule has 3 rings (SSSR count). The van der Waals surface area contributed by atoms with Crippen molar-refractivity contribution in [2.75, 3.05) is 51.3 Å². The first-order chi connectivity index (χ1) is 12.6. The number of methoxy groups -OCH3 is 1. The molecule has 0 unspecified atom stereocenters. The van der Waals surface area contributed by atoms with Crippen LogP contribution in [0.25, 0.3) is 0 Å². The van der Waals surface area contributed by atoms with Crippen molar-refractivity contribution in [3.05, 3.63) is 53.6 Å². The molecule has 6 heteroatoms. The summed E-state index contributed by atoms with van der Waals surface area (Å²) in [4.78, 5) is 3.74. The number of nitrogens with zero attached hydrogens (tertiary/aromatic N) is 1. The zero-order chi connectivity index (χ0) is 18.4. The molecule has 0 bridgehead atoms. The van der Waals surface area contributed by atoms with Gasteiger partial charge < -0.3 is 24.4 Å². The molecule has 0 aliphatic carbocycles. The summed E-state index contributed by atoms with van der Waals surface area (Å²) in [6.45, 7) is 4.87. The van der Waals surface area contributed by atoms with E-state index in [2.05, 4.69) is 11.0 Å². The fraction of sp³-hybridized carbons (Fsp3) is 0.400. The number of piperazine rings is 1. The maximum absolute atomic E-state index is 10.3. The van der Waals surface area contributed by atoms with E-state index in [1.54, 1.807) is 7.11 Å². The van der Waals surface area contributed by atoms with Gasteiger partial charge >= 0.3 is 0 Å². The number of anilines is 1. The maximum Gasteiger partial charge on any atom is 0.137 e. The number of hydrogen-bond donors (Lipinski definition) is 2. The Kier molecular flexibility index (Phi) is 6.61. The van der Waals surface area contributed by atoms with Gasteiger partial charge in [0.2, 0.25) is 0 Å². The Morgan fingerprint density at radius 3 is 2.58 bits per heavy atom. The SMILES string of the molecule is COc1cccc(OC[C@@H](O)C[NH+]2CCN(c3cccc(Cl)c3)CC2)c1. The van der Waals surface area contributed by atoms with Crippen LogP contribution < -0.4 is 19.3 Å². The molecule has 1 aliphatic heterocycles. The topological polar surface area (TPSA) is 46.4 Å². The van der Waals surface area contributed by atoms with Crippen LogP contribution in [-0.4, -0.2) is 57.7 Å². The third kappa shape index (κ3) is 5.27. The van der Waals surface area contributed by atoms with E-state index in [0.717, 1.165) is 37.0 Å². The lowest BCUT2D eigenvalue weighted by molar-refractivity contribution is -0.903. The second kappa shape index (κ2) is 9.12. The zero-order valence-corrected chi connectivity index (χ0v) is 15.8.